The van der Waals surface area contributed by atoms with Gasteiger partial charge in [0.15, 0.2) is 5.15 Å². The maximum Gasteiger partial charge on any atom is 0.307 e. The molecule has 0 bridgehead atoms. The molecule has 1 atom stereocenters. The van der Waals surface area contributed by atoms with Crippen LogP contribution in [0.3, 0.4) is 0 Å². The molecule has 0 radical (unpaired) electrons. The van der Waals surface area contributed by atoms with E-state index in [1.165, 1.54) is 7.11 Å². The van der Waals surface area contributed by atoms with E-state index < -0.39 is 0 Å². The molecule has 0 amide bonds. The number of halogens is 1. The molecule has 0 saturated heterocycles. The number of esters is 1. The Morgan fingerprint density at radius 3 is 3.06 bits per heavy atom. The fourth-order valence-corrected chi connectivity index (χ4v) is 2.12. The molecule has 16 heavy (non-hydrogen) atoms. The predicted molar refractivity (Wildman–Crippen MR) is 61.6 cm³/mol. The maximum absolute atomic E-state index is 11.0. The Hall–Kier alpha value is -1.32. The Bertz CT molecular complexity index is 427. The molecule has 1 N–H and O–H groups in total. The maximum atomic E-state index is 11.0. The smallest absolute Gasteiger partial charge is 0.307 e. The van der Waals surface area contributed by atoms with Gasteiger partial charge in [0.25, 0.3) is 0 Å². The standard InChI is InChI=1S/C9H10ClN3O2S/c1-5(3-7(14)15-2)12-9-6(4-11)8(10)13-16-9/h5,12H,3H2,1-2H3. The first-order chi connectivity index (χ1) is 7.58. The summed E-state index contributed by atoms with van der Waals surface area (Å²) in [6.07, 6.45) is 0.219. The van der Waals surface area contributed by atoms with Gasteiger partial charge in [-0.15, -0.1) is 0 Å². The Kier molecular flexibility index (Phi) is 4.52. The fourth-order valence-electron chi connectivity index (χ4n) is 1.07. The zero-order valence-corrected chi connectivity index (χ0v) is 10.4. The number of hydrogen-bond acceptors (Lipinski definition) is 6. The van der Waals surface area contributed by atoms with E-state index in [4.69, 9.17) is 16.9 Å². The van der Waals surface area contributed by atoms with Crippen LogP contribution in [0.5, 0.6) is 0 Å². The monoisotopic (exact) mass is 259 g/mol. The first kappa shape index (κ1) is 12.7. The van der Waals surface area contributed by atoms with Crippen LogP contribution in [0.25, 0.3) is 0 Å². The van der Waals surface area contributed by atoms with Crippen molar-refractivity contribution in [2.45, 2.75) is 19.4 Å². The summed E-state index contributed by atoms with van der Waals surface area (Å²) in [5.41, 5.74) is 0.309. The molecular weight excluding hydrogens is 250 g/mol. The summed E-state index contributed by atoms with van der Waals surface area (Å²) < 4.78 is 8.38. The minimum Gasteiger partial charge on any atom is -0.469 e. The Labute approximate surface area is 102 Å². The largest absolute Gasteiger partial charge is 0.469 e. The summed E-state index contributed by atoms with van der Waals surface area (Å²) in [5, 5.41) is 12.6. The van der Waals surface area contributed by atoms with Crippen molar-refractivity contribution >= 4 is 34.1 Å². The molecule has 7 heteroatoms. The van der Waals surface area contributed by atoms with Crippen molar-refractivity contribution < 1.29 is 9.53 Å². The van der Waals surface area contributed by atoms with Crippen LogP contribution in [0, 0.1) is 11.3 Å². The second-order valence-electron chi connectivity index (χ2n) is 3.11. The summed E-state index contributed by atoms with van der Waals surface area (Å²) >= 11 is 6.80. The predicted octanol–water partition coefficient (Wildman–Crippen LogP) is 2.03. The van der Waals surface area contributed by atoms with Gasteiger partial charge in [-0.05, 0) is 18.5 Å². The van der Waals surface area contributed by atoms with E-state index in [1.54, 1.807) is 0 Å². The molecule has 1 aromatic rings. The number of nitrogens with zero attached hydrogens (tertiary/aromatic N) is 2. The third-order valence-electron chi connectivity index (χ3n) is 1.84. The van der Waals surface area contributed by atoms with Gasteiger partial charge in [0.1, 0.15) is 16.6 Å². The van der Waals surface area contributed by atoms with E-state index in [-0.39, 0.29) is 23.6 Å². The SMILES string of the molecule is COC(=O)CC(C)Nc1snc(Cl)c1C#N. The highest BCUT2D eigenvalue weighted by molar-refractivity contribution is 7.10. The molecule has 0 aliphatic rings. The number of carbonyl (C=O) groups excluding carboxylic acids is 1. The first-order valence-electron chi connectivity index (χ1n) is 4.47. The number of rotatable bonds is 4. The number of nitriles is 1. The highest BCUT2D eigenvalue weighted by atomic mass is 35.5. The van der Waals surface area contributed by atoms with E-state index in [0.29, 0.717) is 10.6 Å². The fraction of sp³-hybridized carbons (Fsp3) is 0.444. The number of carbonyl (C=O) groups is 1. The van der Waals surface area contributed by atoms with Crippen LogP contribution in [0.4, 0.5) is 5.00 Å². The number of ether oxygens (including phenoxy) is 1. The van der Waals surface area contributed by atoms with Gasteiger partial charge in [0.2, 0.25) is 0 Å². The van der Waals surface area contributed by atoms with Gasteiger partial charge in [0, 0.05) is 6.04 Å². The highest BCUT2D eigenvalue weighted by Gasteiger charge is 2.15. The molecule has 0 aromatic carbocycles. The number of hydrogen-bond donors (Lipinski definition) is 1. The lowest BCUT2D eigenvalue weighted by molar-refractivity contribution is -0.140. The van der Waals surface area contributed by atoms with Crippen molar-refractivity contribution in [2.75, 3.05) is 12.4 Å². The Morgan fingerprint density at radius 1 is 1.81 bits per heavy atom. The molecule has 1 rings (SSSR count). The summed E-state index contributed by atoms with van der Waals surface area (Å²) in [5.74, 6) is -0.311. The number of aromatic nitrogens is 1. The van der Waals surface area contributed by atoms with Gasteiger partial charge < -0.3 is 10.1 Å². The molecule has 1 aromatic heterocycles. The molecule has 0 fully saturated rings. The van der Waals surface area contributed by atoms with Crippen LogP contribution in [0.2, 0.25) is 5.15 Å². The number of methoxy groups -OCH3 is 1. The van der Waals surface area contributed by atoms with Gasteiger partial charge in [-0.25, -0.2) is 0 Å². The highest BCUT2D eigenvalue weighted by Crippen LogP contribution is 2.28. The van der Waals surface area contributed by atoms with Crippen molar-refractivity contribution in [1.29, 1.82) is 5.26 Å². The van der Waals surface area contributed by atoms with Crippen LogP contribution < -0.4 is 5.32 Å². The van der Waals surface area contributed by atoms with E-state index >= 15 is 0 Å². The molecule has 0 saturated carbocycles. The first-order valence-corrected chi connectivity index (χ1v) is 5.62. The van der Waals surface area contributed by atoms with Crippen LogP contribution in [-0.2, 0) is 9.53 Å². The van der Waals surface area contributed by atoms with Crippen molar-refractivity contribution in [3.05, 3.63) is 10.7 Å². The van der Waals surface area contributed by atoms with Crippen molar-refractivity contribution in [3.8, 4) is 6.07 Å². The third kappa shape index (κ3) is 3.08. The topological polar surface area (TPSA) is 75.0 Å². The second kappa shape index (κ2) is 5.68. The summed E-state index contributed by atoms with van der Waals surface area (Å²) in [7, 11) is 1.33. The zero-order chi connectivity index (χ0) is 12.1. The van der Waals surface area contributed by atoms with Crippen LogP contribution in [0.15, 0.2) is 0 Å². The third-order valence-corrected chi connectivity index (χ3v) is 2.99. The van der Waals surface area contributed by atoms with Crippen LogP contribution in [0.1, 0.15) is 18.9 Å². The van der Waals surface area contributed by atoms with E-state index in [1.807, 2.05) is 13.0 Å². The quantitative estimate of drug-likeness (QED) is 0.838. The molecule has 1 unspecified atom stereocenters. The van der Waals surface area contributed by atoms with Crippen molar-refractivity contribution in [3.63, 3.8) is 0 Å². The molecule has 1 heterocycles. The zero-order valence-electron chi connectivity index (χ0n) is 8.78. The van der Waals surface area contributed by atoms with Gasteiger partial charge in [-0.1, -0.05) is 11.6 Å². The van der Waals surface area contributed by atoms with Crippen molar-refractivity contribution in [2.24, 2.45) is 0 Å². The minimum atomic E-state index is -0.311. The minimum absolute atomic E-state index is 0.143. The molecular formula is C9H10ClN3O2S. The van der Waals surface area contributed by atoms with Gasteiger partial charge in [-0.3, -0.25) is 4.79 Å². The van der Waals surface area contributed by atoms with Gasteiger partial charge in [0.05, 0.1) is 13.5 Å². The number of nitrogens with one attached hydrogen (secondary N) is 1. The Morgan fingerprint density at radius 2 is 2.50 bits per heavy atom. The molecule has 0 aliphatic heterocycles. The molecule has 0 spiro atoms. The summed E-state index contributed by atoms with van der Waals surface area (Å²) in [6, 6.07) is 1.81. The van der Waals surface area contributed by atoms with Crippen molar-refractivity contribution in [1.82, 2.24) is 4.37 Å². The lowest BCUT2D eigenvalue weighted by Crippen LogP contribution is -2.20. The Balaban J connectivity index is 2.67. The van der Waals surface area contributed by atoms with Crippen LogP contribution >= 0.6 is 23.1 Å². The lowest BCUT2D eigenvalue weighted by atomic mass is 10.2. The molecule has 86 valence electrons. The second-order valence-corrected chi connectivity index (χ2v) is 4.25. The van der Waals surface area contributed by atoms with Gasteiger partial charge >= 0.3 is 5.97 Å². The molecule has 5 nitrogen and oxygen atoms in total. The average Bonchev–Trinajstić information content (AvgIpc) is 2.58. The molecule has 0 aliphatic carbocycles. The van der Waals surface area contributed by atoms with E-state index in [0.717, 1.165) is 11.5 Å². The van der Waals surface area contributed by atoms with Gasteiger partial charge in [-0.2, -0.15) is 9.64 Å². The number of anilines is 1. The lowest BCUT2D eigenvalue weighted by Gasteiger charge is -2.11. The normalized spacial score (nSPS) is 11.6. The van der Waals surface area contributed by atoms with E-state index in [9.17, 15) is 4.79 Å². The summed E-state index contributed by atoms with van der Waals surface area (Å²) in [4.78, 5) is 11.0. The van der Waals surface area contributed by atoms with Crippen LogP contribution in [-0.4, -0.2) is 23.5 Å². The van der Waals surface area contributed by atoms with E-state index in [2.05, 4.69) is 14.4 Å². The summed E-state index contributed by atoms with van der Waals surface area (Å²) in [6.45, 7) is 1.81. The average molecular weight is 260 g/mol.